The fourth-order valence-electron chi connectivity index (χ4n) is 4.35. The second-order valence-electron chi connectivity index (χ2n) is 8.73. The Bertz CT molecular complexity index is 1180. The van der Waals surface area contributed by atoms with E-state index in [0.717, 1.165) is 59.8 Å². The van der Waals surface area contributed by atoms with E-state index in [-0.39, 0.29) is 11.6 Å². The van der Waals surface area contributed by atoms with E-state index in [1.165, 1.54) is 41.8 Å². The second kappa shape index (κ2) is 13.2. The van der Waals surface area contributed by atoms with Crippen LogP contribution in [0.1, 0.15) is 30.4 Å². The molecule has 0 saturated carbocycles. The Balaban J connectivity index is 1.36. The molecule has 1 aliphatic rings. The van der Waals surface area contributed by atoms with Gasteiger partial charge in [0.05, 0.1) is 12.8 Å². The molecular formula is C29H30F2N4OS. The molecule has 1 saturated heterocycles. The van der Waals surface area contributed by atoms with Crippen LogP contribution < -0.4 is 9.46 Å². The molecule has 37 heavy (non-hydrogen) atoms. The molecule has 0 amide bonds. The van der Waals surface area contributed by atoms with Crippen molar-refractivity contribution in [2.24, 2.45) is 5.11 Å². The predicted molar refractivity (Wildman–Crippen MR) is 144 cm³/mol. The van der Waals surface area contributed by atoms with E-state index in [1.54, 1.807) is 37.6 Å². The average Bonchev–Trinajstić information content (AvgIpc) is 2.94. The number of nitrogens with zero attached hydrogens (tertiary/aromatic N) is 2. The number of benzene rings is 3. The lowest BCUT2D eigenvalue weighted by molar-refractivity contribution is 0.259. The number of likely N-dealkylation sites (tertiary alicyclic amines) is 1. The standard InChI is InChI=1S/C29H30F2N4OS/c1-36-27-10-12-28(13-11-27)37-33-20-26(34-32)16-19-35-17-14-23(15-18-35)29(21-2-6-24(30)7-3-21)22-4-8-25(31)9-5-22/h2-13,20,32-33H,14-19H2,1H3/b26-20-,34-32?. The van der Waals surface area contributed by atoms with Gasteiger partial charge in [-0.2, -0.15) is 5.11 Å². The van der Waals surface area contributed by atoms with Crippen LogP contribution in [0, 0.1) is 17.2 Å². The van der Waals surface area contributed by atoms with Crippen LogP contribution in [0.15, 0.2) is 100 Å². The van der Waals surface area contributed by atoms with Gasteiger partial charge in [0.25, 0.3) is 0 Å². The quantitative estimate of drug-likeness (QED) is 0.216. The molecule has 0 spiro atoms. The van der Waals surface area contributed by atoms with Crippen molar-refractivity contribution in [3.05, 3.63) is 113 Å². The Labute approximate surface area is 220 Å². The lowest BCUT2D eigenvalue weighted by atomic mass is 9.88. The first kappa shape index (κ1) is 26.6. The Kier molecular flexibility index (Phi) is 9.46. The van der Waals surface area contributed by atoms with E-state index in [9.17, 15) is 8.78 Å². The Morgan fingerprint density at radius 3 is 2.03 bits per heavy atom. The topological polar surface area (TPSA) is 60.7 Å². The van der Waals surface area contributed by atoms with Gasteiger partial charge < -0.3 is 14.4 Å². The minimum atomic E-state index is -0.275. The molecule has 0 atom stereocenters. The van der Waals surface area contributed by atoms with Crippen molar-refractivity contribution < 1.29 is 13.5 Å². The monoisotopic (exact) mass is 520 g/mol. The summed E-state index contributed by atoms with van der Waals surface area (Å²) in [4.78, 5) is 3.40. The van der Waals surface area contributed by atoms with Gasteiger partial charge in [-0.15, -0.1) is 0 Å². The van der Waals surface area contributed by atoms with Crippen molar-refractivity contribution >= 4 is 17.5 Å². The number of piperidine rings is 1. The number of rotatable bonds is 10. The van der Waals surface area contributed by atoms with Crippen molar-refractivity contribution in [2.45, 2.75) is 24.2 Å². The molecular weight excluding hydrogens is 490 g/mol. The summed E-state index contributed by atoms with van der Waals surface area (Å²) in [6, 6.07) is 20.8. The Hall–Kier alpha value is -3.49. The Morgan fingerprint density at radius 2 is 1.51 bits per heavy atom. The molecule has 0 bridgehead atoms. The van der Waals surface area contributed by atoms with Gasteiger partial charge in [0, 0.05) is 37.2 Å². The molecule has 4 rings (SSSR count). The first-order valence-corrected chi connectivity index (χ1v) is 13.0. The van der Waals surface area contributed by atoms with Crippen molar-refractivity contribution in [1.29, 1.82) is 5.53 Å². The van der Waals surface area contributed by atoms with Gasteiger partial charge in [0.1, 0.15) is 17.4 Å². The second-order valence-corrected chi connectivity index (χ2v) is 9.64. The molecule has 0 aromatic heterocycles. The lowest BCUT2D eigenvalue weighted by Crippen LogP contribution is -2.32. The lowest BCUT2D eigenvalue weighted by Gasteiger charge is -2.30. The average molecular weight is 521 g/mol. The minimum absolute atomic E-state index is 0.275. The van der Waals surface area contributed by atoms with E-state index in [4.69, 9.17) is 10.3 Å². The smallest absolute Gasteiger partial charge is 0.123 e. The molecule has 0 unspecified atom stereocenters. The van der Waals surface area contributed by atoms with Crippen LogP contribution in [0.25, 0.3) is 5.57 Å². The zero-order valence-electron chi connectivity index (χ0n) is 20.7. The maximum Gasteiger partial charge on any atom is 0.123 e. The van der Waals surface area contributed by atoms with Crippen molar-refractivity contribution in [3.63, 3.8) is 0 Å². The van der Waals surface area contributed by atoms with Crippen LogP contribution in [-0.2, 0) is 0 Å². The van der Waals surface area contributed by atoms with Gasteiger partial charge >= 0.3 is 0 Å². The molecule has 1 heterocycles. The van der Waals surface area contributed by atoms with Gasteiger partial charge in [-0.25, -0.2) is 14.3 Å². The number of methoxy groups -OCH3 is 1. The van der Waals surface area contributed by atoms with Crippen LogP contribution in [0.3, 0.4) is 0 Å². The highest BCUT2D eigenvalue weighted by Crippen LogP contribution is 2.33. The normalized spacial score (nSPS) is 14.4. The molecule has 1 fully saturated rings. The third kappa shape index (κ3) is 7.50. The van der Waals surface area contributed by atoms with E-state index in [2.05, 4.69) is 14.7 Å². The molecule has 5 nitrogen and oxygen atoms in total. The summed E-state index contributed by atoms with van der Waals surface area (Å²) in [7, 11) is 1.64. The summed E-state index contributed by atoms with van der Waals surface area (Å²) in [5.41, 5.74) is 12.4. The van der Waals surface area contributed by atoms with Crippen molar-refractivity contribution in [1.82, 2.24) is 9.62 Å². The third-order valence-electron chi connectivity index (χ3n) is 6.37. The first-order chi connectivity index (χ1) is 18.1. The minimum Gasteiger partial charge on any atom is -0.497 e. The van der Waals surface area contributed by atoms with E-state index < -0.39 is 0 Å². The van der Waals surface area contributed by atoms with Crippen LogP contribution in [0.5, 0.6) is 5.75 Å². The van der Waals surface area contributed by atoms with Crippen LogP contribution >= 0.6 is 11.9 Å². The summed E-state index contributed by atoms with van der Waals surface area (Å²) >= 11 is 1.45. The number of hydrogen-bond acceptors (Lipinski definition) is 6. The molecule has 8 heteroatoms. The highest BCUT2D eigenvalue weighted by atomic mass is 32.2. The zero-order chi connectivity index (χ0) is 26.0. The molecule has 3 aromatic carbocycles. The zero-order valence-corrected chi connectivity index (χ0v) is 21.5. The summed E-state index contributed by atoms with van der Waals surface area (Å²) in [6.07, 6.45) is 4.18. The van der Waals surface area contributed by atoms with Crippen molar-refractivity contribution in [3.8, 4) is 5.75 Å². The highest BCUT2D eigenvalue weighted by Gasteiger charge is 2.19. The van der Waals surface area contributed by atoms with Crippen LogP contribution in [0.4, 0.5) is 8.78 Å². The molecule has 3 aromatic rings. The van der Waals surface area contributed by atoms with Crippen molar-refractivity contribution in [2.75, 3.05) is 26.7 Å². The number of halogens is 2. The first-order valence-electron chi connectivity index (χ1n) is 12.1. The third-order valence-corrected chi connectivity index (χ3v) is 7.11. The van der Waals surface area contributed by atoms with Gasteiger partial charge in [-0.1, -0.05) is 29.8 Å². The van der Waals surface area contributed by atoms with E-state index in [1.807, 2.05) is 24.3 Å². The number of ether oxygens (including phenoxy) is 1. The number of nitrogens with one attached hydrogen (secondary N) is 2. The maximum atomic E-state index is 13.6. The summed E-state index contributed by atoms with van der Waals surface area (Å²) < 4.78 is 35.5. The molecule has 1 aliphatic heterocycles. The fourth-order valence-corrected chi connectivity index (χ4v) is 4.95. The number of hydrogen-bond donors (Lipinski definition) is 2. The van der Waals surface area contributed by atoms with E-state index in [0.29, 0.717) is 12.1 Å². The van der Waals surface area contributed by atoms with Gasteiger partial charge in [0.15, 0.2) is 0 Å². The maximum absolute atomic E-state index is 13.6. The highest BCUT2D eigenvalue weighted by molar-refractivity contribution is 7.97. The molecule has 0 radical (unpaired) electrons. The van der Waals surface area contributed by atoms with Gasteiger partial charge in [-0.05, 0) is 90.0 Å². The molecule has 2 N–H and O–H groups in total. The Morgan fingerprint density at radius 1 is 0.946 bits per heavy atom. The molecule has 0 aliphatic carbocycles. The summed E-state index contributed by atoms with van der Waals surface area (Å²) in [5, 5.41) is 3.69. The fraction of sp³-hybridized carbons (Fsp3) is 0.241. The SMILES string of the molecule is COc1ccc(SN/C=C(/CCN2CCC(=C(c3ccc(F)cc3)c3ccc(F)cc3)CC2)N=N)cc1. The van der Waals surface area contributed by atoms with Gasteiger partial charge in [-0.3, -0.25) is 0 Å². The van der Waals surface area contributed by atoms with E-state index >= 15 is 0 Å². The summed E-state index contributed by atoms with van der Waals surface area (Å²) in [5.74, 6) is 0.258. The van der Waals surface area contributed by atoms with Crippen LogP contribution in [-0.4, -0.2) is 31.6 Å². The summed E-state index contributed by atoms with van der Waals surface area (Å²) in [6.45, 7) is 2.56. The largest absolute Gasteiger partial charge is 0.497 e. The van der Waals surface area contributed by atoms with Crippen LogP contribution in [0.2, 0.25) is 0 Å². The van der Waals surface area contributed by atoms with Gasteiger partial charge in [0.2, 0.25) is 0 Å². The predicted octanol–water partition coefficient (Wildman–Crippen LogP) is 7.43. The molecule has 192 valence electrons.